The zero-order valence-corrected chi connectivity index (χ0v) is 17.6. The minimum absolute atomic E-state index is 0.203. The number of aryl methyl sites for hydroxylation is 1. The minimum Gasteiger partial charge on any atom is -0.337 e. The van der Waals surface area contributed by atoms with Gasteiger partial charge in [0, 0.05) is 36.2 Å². The highest BCUT2D eigenvalue weighted by atomic mass is 35.5. The van der Waals surface area contributed by atoms with Gasteiger partial charge in [0.15, 0.2) is 5.82 Å². The molecule has 1 fully saturated rings. The lowest BCUT2D eigenvalue weighted by Gasteiger charge is -2.29. The number of benzene rings is 1. The van der Waals surface area contributed by atoms with Crippen LogP contribution in [0.15, 0.2) is 53.3 Å². The fourth-order valence-electron chi connectivity index (χ4n) is 3.50. The summed E-state index contributed by atoms with van der Waals surface area (Å²) in [5.41, 5.74) is 1.05. The van der Waals surface area contributed by atoms with Crippen molar-refractivity contribution < 1.29 is 14.1 Å². The van der Waals surface area contributed by atoms with Crippen LogP contribution < -0.4 is 5.32 Å². The van der Waals surface area contributed by atoms with Crippen molar-refractivity contribution in [3.8, 4) is 0 Å². The van der Waals surface area contributed by atoms with Crippen LogP contribution in [0.1, 0.15) is 34.5 Å². The van der Waals surface area contributed by atoms with E-state index in [1.807, 2.05) is 0 Å². The molecule has 1 aromatic carbocycles. The Bertz CT molecular complexity index is 1070. The van der Waals surface area contributed by atoms with Gasteiger partial charge in [-0.2, -0.15) is 4.98 Å². The Morgan fingerprint density at radius 1 is 1.23 bits per heavy atom. The van der Waals surface area contributed by atoms with Crippen LogP contribution in [0.5, 0.6) is 0 Å². The zero-order valence-electron chi connectivity index (χ0n) is 16.9. The maximum absolute atomic E-state index is 13.2. The van der Waals surface area contributed by atoms with Gasteiger partial charge in [0.1, 0.15) is 6.04 Å². The summed E-state index contributed by atoms with van der Waals surface area (Å²) in [6.45, 7) is 2.81. The maximum atomic E-state index is 13.2. The number of nitrogens with one attached hydrogen (secondary N) is 1. The number of urea groups is 1. The smallest absolute Gasteiger partial charge is 0.321 e. The van der Waals surface area contributed by atoms with Gasteiger partial charge in [-0.15, -0.1) is 0 Å². The lowest BCUT2D eigenvalue weighted by molar-refractivity contribution is 0.0641. The van der Waals surface area contributed by atoms with Crippen LogP contribution in [-0.4, -0.2) is 56.5 Å². The molecule has 0 spiro atoms. The monoisotopic (exact) mass is 440 g/mol. The second-order valence-electron chi connectivity index (χ2n) is 7.18. The molecule has 3 amide bonds. The zero-order chi connectivity index (χ0) is 21.8. The van der Waals surface area contributed by atoms with Crippen LogP contribution in [0.3, 0.4) is 0 Å². The molecule has 4 rings (SSSR count). The van der Waals surface area contributed by atoms with Crippen molar-refractivity contribution in [3.63, 3.8) is 0 Å². The molecule has 1 aliphatic heterocycles. The Balaban J connectivity index is 1.59. The predicted octanol–water partition coefficient (Wildman–Crippen LogP) is 3.55. The van der Waals surface area contributed by atoms with E-state index in [1.165, 1.54) is 6.20 Å². The van der Waals surface area contributed by atoms with Crippen molar-refractivity contribution >= 4 is 29.2 Å². The van der Waals surface area contributed by atoms with E-state index >= 15 is 0 Å². The molecule has 3 heterocycles. The molecule has 0 radical (unpaired) electrons. The third kappa shape index (κ3) is 4.83. The van der Waals surface area contributed by atoms with Gasteiger partial charge in [0.05, 0.1) is 12.1 Å². The summed E-state index contributed by atoms with van der Waals surface area (Å²) in [6.07, 6.45) is 3.73. The van der Waals surface area contributed by atoms with Crippen molar-refractivity contribution in [2.45, 2.75) is 19.4 Å². The summed E-state index contributed by atoms with van der Waals surface area (Å²) in [5.74, 6) is 0.547. The molecule has 0 aliphatic carbocycles. The molecule has 1 saturated heterocycles. The number of halogens is 1. The normalized spacial score (nSPS) is 16.6. The Labute approximate surface area is 184 Å². The van der Waals surface area contributed by atoms with Crippen molar-refractivity contribution in [3.05, 3.63) is 71.1 Å². The van der Waals surface area contributed by atoms with Gasteiger partial charge in [-0.05, 0) is 43.7 Å². The number of aromatic nitrogens is 3. The van der Waals surface area contributed by atoms with Crippen LogP contribution in [0.25, 0.3) is 0 Å². The first kappa shape index (κ1) is 20.8. The fourth-order valence-corrected chi connectivity index (χ4v) is 3.69. The van der Waals surface area contributed by atoms with Gasteiger partial charge < -0.3 is 19.6 Å². The summed E-state index contributed by atoms with van der Waals surface area (Å²) in [4.78, 5) is 37.8. The third-order valence-corrected chi connectivity index (χ3v) is 5.19. The van der Waals surface area contributed by atoms with E-state index < -0.39 is 6.04 Å². The topological polar surface area (TPSA) is 104 Å². The molecule has 2 aromatic heterocycles. The van der Waals surface area contributed by atoms with Gasteiger partial charge in [0.2, 0.25) is 0 Å². The Kier molecular flexibility index (Phi) is 6.13. The molecule has 1 atom stereocenters. The van der Waals surface area contributed by atoms with Crippen molar-refractivity contribution in [2.24, 2.45) is 0 Å². The Hall–Kier alpha value is -3.46. The number of carbonyl (C=O) groups is 2. The molecule has 160 valence electrons. The second kappa shape index (κ2) is 9.13. The second-order valence-corrected chi connectivity index (χ2v) is 7.61. The number of hydrogen-bond donors (Lipinski definition) is 1. The quantitative estimate of drug-likeness (QED) is 0.667. The van der Waals surface area contributed by atoms with Crippen LogP contribution in [0, 0.1) is 6.92 Å². The Morgan fingerprint density at radius 3 is 2.81 bits per heavy atom. The van der Waals surface area contributed by atoms with Crippen LogP contribution >= 0.6 is 11.6 Å². The van der Waals surface area contributed by atoms with E-state index in [-0.39, 0.29) is 24.4 Å². The van der Waals surface area contributed by atoms with Gasteiger partial charge in [0.25, 0.3) is 11.8 Å². The molecule has 0 saturated carbocycles. The number of carbonyl (C=O) groups excluding carboxylic acids is 2. The molecule has 0 bridgehead atoms. The average Bonchev–Trinajstić information content (AvgIpc) is 3.07. The minimum atomic E-state index is -0.582. The van der Waals surface area contributed by atoms with Crippen molar-refractivity contribution in [1.29, 1.82) is 0 Å². The van der Waals surface area contributed by atoms with E-state index in [9.17, 15) is 9.59 Å². The van der Waals surface area contributed by atoms with E-state index in [1.54, 1.807) is 59.3 Å². The number of anilines is 1. The molecular weight excluding hydrogens is 420 g/mol. The third-order valence-electron chi connectivity index (χ3n) is 4.96. The molecular formula is C21H21ClN6O3. The summed E-state index contributed by atoms with van der Waals surface area (Å²) < 4.78 is 5.39. The largest absolute Gasteiger partial charge is 0.337 e. The molecule has 1 aliphatic rings. The van der Waals surface area contributed by atoms with Crippen molar-refractivity contribution in [2.75, 3.05) is 25.0 Å². The fraction of sp³-hybridized carbons (Fsp3) is 0.286. The first-order valence-corrected chi connectivity index (χ1v) is 10.2. The molecule has 1 N–H and O–H groups in total. The highest BCUT2D eigenvalue weighted by Crippen LogP contribution is 2.26. The standard InChI is InChI=1S/C21H21ClN6O3/c1-14-24-19(31-26-14)18-13-27(21(30)25-17-7-2-6-16(22)11-17)9-4-10-28(18)20(29)15-5-3-8-23-12-15/h2-3,5-8,11-12,18H,4,9-10,13H2,1H3,(H,25,30). The number of pyridine rings is 1. The van der Waals surface area contributed by atoms with Crippen molar-refractivity contribution in [1.82, 2.24) is 24.9 Å². The summed E-state index contributed by atoms with van der Waals surface area (Å²) >= 11 is 6.02. The molecule has 31 heavy (non-hydrogen) atoms. The van der Waals surface area contributed by atoms with Gasteiger partial charge in [-0.3, -0.25) is 9.78 Å². The number of hydrogen-bond acceptors (Lipinski definition) is 6. The maximum Gasteiger partial charge on any atom is 0.321 e. The molecule has 9 nitrogen and oxygen atoms in total. The van der Waals surface area contributed by atoms with Gasteiger partial charge in [-0.1, -0.05) is 22.8 Å². The van der Waals surface area contributed by atoms with E-state index in [2.05, 4.69) is 20.4 Å². The van der Waals surface area contributed by atoms with E-state index in [0.29, 0.717) is 41.6 Å². The van der Waals surface area contributed by atoms with Gasteiger partial charge >= 0.3 is 6.03 Å². The summed E-state index contributed by atoms with van der Waals surface area (Å²) in [6, 6.07) is 9.48. The number of nitrogens with zero attached hydrogens (tertiary/aromatic N) is 5. The van der Waals surface area contributed by atoms with Crippen LogP contribution in [-0.2, 0) is 0 Å². The number of amides is 3. The van der Waals surface area contributed by atoms with Crippen LogP contribution in [0.2, 0.25) is 5.02 Å². The van der Waals surface area contributed by atoms with E-state index in [4.69, 9.17) is 16.1 Å². The van der Waals surface area contributed by atoms with Crippen LogP contribution in [0.4, 0.5) is 10.5 Å². The predicted molar refractivity (Wildman–Crippen MR) is 114 cm³/mol. The molecule has 1 unspecified atom stereocenters. The average molecular weight is 441 g/mol. The van der Waals surface area contributed by atoms with Gasteiger partial charge in [-0.25, -0.2) is 4.79 Å². The number of rotatable bonds is 3. The molecule has 10 heteroatoms. The highest BCUT2D eigenvalue weighted by Gasteiger charge is 2.35. The highest BCUT2D eigenvalue weighted by molar-refractivity contribution is 6.30. The lowest BCUT2D eigenvalue weighted by atomic mass is 10.1. The SMILES string of the molecule is Cc1noc(C2CN(C(=O)Nc3cccc(Cl)c3)CCCN2C(=O)c2cccnc2)n1. The lowest BCUT2D eigenvalue weighted by Crippen LogP contribution is -2.41. The van der Waals surface area contributed by atoms with E-state index in [0.717, 1.165) is 0 Å². The first-order chi connectivity index (χ1) is 15.0. The first-order valence-electron chi connectivity index (χ1n) is 9.84. The molecule has 3 aromatic rings. The Morgan fingerprint density at radius 2 is 2.10 bits per heavy atom. The summed E-state index contributed by atoms with van der Waals surface area (Å²) in [7, 11) is 0. The summed E-state index contributed by atoms with van der Waals surface area (Å²) in [5, 5.41) is 7.25.